The summed E-state index contributed by atoms with van der Waals surface area (Å²) in [6, 6.07) is 3.96. The van der Waals surface area contributed by atoms with Crippen LogP contribution in [0.5, 0.6) is 0 Å². The Morgan fingerprint density at radius 3 is 2.50 bits per heavy atom. The Kier molecular flexibility index (Phi) is 8.30. The summed E-state index contributed by atoms with van der Waals surface area (Å²) < 4.78 is 78.6. The van der Waals surface area contributed by atoms with Crippen molar-refractivity contribution >= 4 is 23.2 Å². The normalized spacial score (nSPS) is 16.3. The number of aliphatic carboxylic acids is 1. The lowest BCUT2D eigenvalue weighted by atomic mass is 10.0. The van der Waals surface area contributed by atoms with Gasteiger partial charge in [-0.15, -0.1) is 0 Å². The molecule has 14 heteroatoms. The van der Waals surface area contributed by atoms with Crippen LogP contribution in [0.4, 0.5) is 27.6 Å². The molecule has 232 valence electrons. The maximum Gasteiger partial charge on any atom is 0.418 e. The van der Waals surface area contributed by atoms with Crippen molar-refractivity contribution < 1.29 is 41.4 Å². The first-order valence-corrected chi connectivity index (χ1v) is 13.6. The highest BCUT2D eigenvalue weighted by atomic mass is 19.4. The molecule has 4 aromatic rings. The number of rotatable bonds is 7. The number of ether oxygens (including phenoxy) is 1. The monoisotopic (exact) mass is 617 g/mol. The van der Waals surface area contributed by atoms with E-state index < -0.39 is 46.9 Å². The van der Waals surface area contributed by atoms with E-state index in [0.717, 1.165) is 18.2 Å². The first-order chi connectivity index (χ1) is 20.8. The molecule has 1 amide bonds. The number of carbonyl (C=O) groups excluding carboxylic acids is 1. The number of fused-ring (bicyclic) bond motifs is 1. The van der Waals surface area contributed by atoms with Crippen molar-refractivity contribution in [3.63, 3.8) is 0 Å². The number of aryl methyl sites for hydroxylation is 2. The fourth-order valence-electron chi connectivity index (χ4n) is 5.24. The molecule has 1 aromatic carbocycles. The highest BCUT2D eigenvalue weighted by Gasteiger charge is 2.36. The van der Waals surface area contributed by atoms with Gasteiger partial charge in [-0.2, -0.15) is 13.2 Å². The second-order valence-corrected chi connectivity index (χ2v) is 10.6. The fourth-order valence-corrected chi connectivity index (χ4v) is 5.24. The van der Waals surface area contributed by atoms with Crippen LogP contribution in [0.15, 0.2) is 42.7 Å². The third kappa shape index (κ3) is 5.94. The van der Waals surface area contributed by atoms with Gasteiger partial charge in [-0.3, -0.25) is 9.78 Å². The second kappa shape index (κ2) is 11.8. The SMILES string of the molecule is Cc1cc(C(F)(F)F)c(-c2ccc(C[C@H](NC(=O)c3c(F)cc(N4CCOC[C@@H]4C)cc3F)C(=O)O)n3ccnc23)nc1C. The number of carboxylic acid groups (broad SMARTS) is 1. The van der Waals surface area contributed by atoms with Gasteiger partial charge in [0.05, 0.1) is 24.5 Å². The maximum absolute atomic E-state index is 15.1. The molecule has 2 atom stereocenters. The molecule has 0 saturated carbocycles. The number of carboxylic acids is 1. The lowest BCUT2D eigenvalue weighted by Gasteiger charge is -2.35. The van der Waals surface area contributed by atoms with E-state index in [1.807, 2.05) is 6.92 Å². The van der Waals surface area contributed by atoms with Gasteiger partial charge >= 0.3 is 12.1 Å². The van der Waals surface area contributed by atoms with Gasteiger partial charge in [-0.05, 0) is 56.7 Å². The summed E-state index contributed by atoms with van der Waals surface area (Å²) in [6.45, 7) is 6.05. The summed E-state index contributed by atoms with van der Waals surface area (Å²) >= 11 is 0. The molecular weight excluding hydrogens is 589 g/mol. The molecule has 1 saturated heterocycles. The van der Waals surface area contributed by atoms with Crippen molar-refractivity contribution in [2.24, 2.45) is 0 Å². The predicted molar refractivity (Wildman–Crippen MR) is 149 cm³/mol. The minimum absolute atomic E-state index is 0.0592. The molecular formula is C30H28F5N5O4. The number of alkyl halides is 3. The zero-order chi connectivity index (χ0) is 31.9. The van der Waals surface area contributed by atoms with E-state index in [1.54, 1.807) is 11.8 Å². The molecule has 44 heavy (non-hydrogen) atoms. The van der Waals surface area contributed by atoms with Crippen LogP contribution in [0.3, 0.4) is 0 Å². The number of hydrogen-bond donors (Lipinski definition) is 2. The predicted octanol–water partition coefficient (Wildman–Crippen LogP) is 4.96. The van der Waals surface area contributed by atoms with Gasteiger partial charge in [0.25, 0.3) is 5.91 Å². The van der Waals surface area contributed by atoms with Crippen LogP contribution in [0, 0.1) is 25.5 Å². The van der Waals surface area contributed by atoms with E-state index in [-0.39, 0.29) is 40.7 Å². The molecule has 4 heterocycles. The highest BCUT2D eigenvalue weighted by Crippen LogP contribution is 2.38. The van der Waals surface area contributed by atoms with Crippen LogP contribution in [0.2, 0.25) is 0 Å². The standard InChI is InChI=1S/C30H28F5N5O4/c1-15-10-21(30(33,34)35)26(37-17(15)3)20-5-4-18(40-7-6-36-27(20)40)13-24(29(42)43)38-28(41)25-22(31)11-19(12-23(25)32)39-8-9-44-14-16(39)2/h4-7,10-12,16,24H,8-9,13-14H2,1-3H3,(H,38,41)(H,42,43)/t16-,24-/m0/s1. The average Bonchev–Trinajstić information content (AvgIpc) is 3.44. The Morgan fingerprint density at radius 1 is 1.16 bits per heavy atom. The molecule has 0 aliphatic carbocycles. The third-order valence-corrected chi connectivity index (χ3v) is 7.63. The first-order valence-electron chi connectivity index (χ1n) is 13.6. The molecule has 1 aliphatic heterocycles. The molecule has 0 spiro atoms. The third-order valence-electron chi connectivity index (χ3n) is 7.63. The van der Waals surface area contributed by atoms with E-state index in [9.17, 15) is 27.9 Å². The zero-order valence-corrected chi connectivity index (χ0v) is 23.9. The molecule has 0 unspecified atom stereocenters. The molecule has 0 bridgehead atoms. The van der Waals surface area contributed by atoms with E-state index in [1.165, 1.54) is 35.9 Å². The molecule has 0 radical (unpaired) electrons. The van der Waals surface area contributed by atoms with Crippen molar-refractivity contribution in [2.45, 2.75) is 45.5 Å². The van der Waals surface area contributed by atoms with Gasteiger partial charge in [-0.25, -0.2) is 18.6 Å². The van der Waals surface area contributed by atoms with Gasteiger partial charge in [-0.1, -0.05) is 0 Å². The summed E-state index contributed by atoms with van der Waals surface area (Å²) in [6.07, 6.45) is -2.33. The number of imidazole rings is 1. The number of amides is 1. The van der Waals surface area contributed by atoms with Crippen LogP contribution in [-0.2, 0) is 22.1 Å². The van der Waals surface area contributed by atoms with Crippen LogP contribution in [-0.4, -0.2) is 63.2 Å². The largest absolute Gasteiger partial charge is 0.480 e. The van der Waals surface area contributed by atoms with Gasteiger partial charge in [0.1, 0.15) is 28.9 Å². The van der Waals surface area contributed by atoms with Crippen LogP contribution in [0.1, 0.15) is 39.8 Å². The summed E-state index contributed by atoms with van der Waals surface area (Å²) in [7, 11) is 0. The second-order valence-electron chi connectivity index (χ2n) is 10.6. The number of carbonyl (C=O) groups is 2. The number of hydrogen-bond acceptors (Lipinski definition) is 6. The van der Waals surface area contributed by atoms with E-state index in [2.05, 4.69) is 15.3 Å². The van der Waals surface area contributed by atoms with E-state index >= 15 is 8.78 Å². The van der Waals surface area contributed by atoms with Crippen LogP contribution < -0.4 is 10.2 Å². The minimum atomic E-state index is -4.70. The Balaban J connectivity index is 1.44. The molecule has 1 aliphatic rings. The van der Waals surface area contributed by atoms with Gasteiger partial charge in [0, 0.05) is 54.0 Å². The lowest BCUT2D eigenvalue weighted by Crippen LogP contribution is -2.44. The number of morpholine rings is 1. The van der Waals surface area contributed by atoms with Gasteiger partial charge in [0.15, 0.2) is 0 Å². The number of benzene rings is 1. The molecule has 2 N–H and O–H groups in total. The summed E-state index contributed by atoms with van der Waals surface area (Å²) in [5, 5.41) is 12.0. The molecule has 5 rings (SSSR count). The van der Waals surface area contributed by atoms with Crippen LogP contribution in [0.25, 0.3) is 16.9 Å². The summed E-state index contributed by atoms with van der Waals surface area (Å²) in [4.78, 5) is 35.2. The summed E-state index contributed by atoms with van der Waals surface area (Å²) in [5.41, 5.74) is -0.879. The van der Waals surface area contributed by atoms with Crippen molar-refractivity contribution in [1.29, 1.82) is 0 Å². The quantitative estimate of drug-likeness (QED) is 0.282. The summed E-state index contributed by atoms with van der Waals surface area (Å²) in [5.74, 6) is -5.10. The highest BCUT2D eigenvalue weighted by molar-refractivity contribution is 5.97. The fraction of sp³-hybridized carbons (Fsp3) is 0.333. The number of nitrogens with zero attached hydrogens (tertiary/aromatic N) is 4. The van der Waals surface area contributed by atoms with Crippen LogP contribution >= 0.6 is 0 Å². The van der Waals surface area contributed by atoms with Crippen molar-refractivity contribution in [3.8, 4) is 11.3 Å². The first kappa shape index (κ1) is 30.9. The Morgan fingerprint density at radius 2 is 1.86 bits per heavy atom. The van der Waals surface area contributed by atoms with E-state index in [0.29, 0.717) is 31.0 Å². The minimum Gasteiger partial charge on any atom is -0.480 e. The lowest BCUT2D eigenvalue weighted by molar-refractivity contribution is -0.139. The molecule has 3 aromatic heterocycles. The zero-order valence-electron chi connectivity index (χ0n) is 23.9. The van der Waals surface area contributed by atoms with E-state index in [4.69, 9.17) is 4.74 Å². The molecule has 9 nitrogen and oxygen atoms in total. The Bertz CT molecular complexity index is 1730. The van der Waals surface area contributed by atoms with Gasteiger partial charge < -0.3 is 24.5 Å². The Labute approximate surface area is 248 Å². The number of halogens is 5. The molecule has 1 fully saturated rings. The number of nitrogens with one attached hydrogen (secondary N) is 1. The number of anilines is 1. The van der Waals surface area contributed by atoms with Crippen molar-refractivity contribution in [1.82, 2.24) is 19.7 Å². The number of pyridine rings is 2. The smallest absolute Gasteiger partial charge is 0.418 e. The number of aromatic nitrogens is 3. The van der Waals surface area contributed by atoms with Crippen molar-refractivity contribution in [2.75, 3.05) is 24.7 Å². The maximum atomic E-state index is 15.1. The average molecular weight is 618 g/mol. The van der Waals surface area contributed by atoms with Gasteiger partial charge in [0.2, 0.25) is 0 Å². The van der Waals surface area contributed by atoms with Crippen molar-refractivity contribution in [3.05, 3.63) is 82.4 Å². The topological polar surface area (TPSA) is 109 Å². The Hall–Kier alpha value is -4.59.